The number of quaternary nitrogens is 1. The van der Waals surface area contributed by atoms with E-state index in [1.165, 1.54) is 17.0 Å². The first-order valence-electron chi connectivity index (χ1n) is 15.1. The summed E-state index contributed by atoms with van der Waals surface area (Å²) in [6.45, 7) is -0.198. The molecular formula is C31H38F3N3O12. The molecule has 0 saturated carbocycles. The van der Waals surface area contributed by atoms with Gasteiger partial charge in [0, 0.05) is 19.4 Å². The van der Waals surface area contributed by atoms with Gasteiger partial charge in [-0.1, -0.05) is 42.5 Å². The van der Waals surface area contributed by atoms with Crippen molar-refractivity contribution < 1.29 is 78.2 Å². The van der Waals surface area contributed by atoms with Gasteiger partial charge in [-0.05, 0) is 36.1 Å². The van der Waals surface area contributed by atoms with Crippen molar-refractivity contribution in [1.82, 2.24) is 10.2 Å². The molecule has 2 fully saturated rings. The number of aliphatic hydroxyl groups is 4. The molecule has 0 radical (unpaired) electrons. The number of halogens is 3. The number of hydrogen-bond donors (Lipinski definition) is 7. The third-order valence-electron chi connectivity index (χ3n) is 7.80. The van der Waals surface area contributed by atoms with Crippen LogP contribution in [0.5, 0.6) is 5.75 Å². The number of carboxylic acid groups (broad SMARTS) is 1. The van der Waals surface area contributed by atoms with Gasteiger partial charge >= 0.3 is 12.1 Å². The zero-order valence-corrected chi connectivity index (χ0v) is 25.9. The molecule has 2 aromatic rings. The summed E-state index contributed by atoms with van der Waals surface area (Å²) >= 11 is 0. The number of phenolic OH excluding ortho intramolecular Hbond substituents is 1. The van der Waals surface area contributed by atoms with Crippen molar-refractivity contribution in [3.63, 3.8) is 0 Å². The molecule has 4 rings (SSSR count). The third kappa shape index (κ3) is 11.1. The fraction of sp³-hybridized carbons (Fsp3) is 0.484. The van der Waals surface area contributed by atoms with E-state index in [2.05, 4.69) is 11.1 Å². The lowest BCUT2D eigenvalue weighted by molar-refractivity contribution is -0.405. The molecule has 18 heteroatoms. The van der Waals surface area contributed by atoms with Crippen molar-refractivity contribution in [2.75, 3.05) is 13.2 Å². The first-order valence-corrected chi connectivity index (χ1v) is 15.1. The van der Waals surface area contributed by atoms with Crippen LogP contribution in [0.3, 0.4) is 0 Å². The SMILES string of the molecule is O=C([O-])C(F)(F)F.[NH3+][C@@H](Cc1ccc(O)cc1)C(=O)N1CCC[C@H]1C(=O)N[C@@H](Cc1ccccc1)C(=O)OC[C@H]1OC(O)[C@H](O)[C@@H](O)[C@@H]1O. The number of benzene rings is 2. The van der Waals surface area contributed by atoms with Gasteiger partial charge in [-0.25, -0.2) is 4.79 Å². The summed E-state index contributed by atoms with van der Waals surface area (Å²) in [5.74, 6) is -4.57. The maximum Gasteiger partial charge on any atom is 0.430 e. The number of ether oxygens (including phenoxy) is 2. The number of aliphatic hydroxyl groups excluding tert-OH is 4. The molecule has 270 valence electrons. The second-order valence-electron chi connectivity index (χ2n) is 11.5. The molecule has 9 N–H and O–H groups in total. The number of nitrogens with one attached hydrogen (secondary N) is 1. The van der Waals surface area contributed by atoms with E-state index in [0.29, 0.717) is 25.8 Å². The van der Waals surface area contributed by atoms with Crippen LogP contribution >= 0.6 is 0 Å². The van der Waals surface area contributed by atoms with E-state index in [9.17, 15) is 53.1 Å². The number of carbonyl (C=O) groups excluding carboxylic acids is 4. The average Bonchev–Trinajstić information content (AvgIpc) is 3.55. The highest BCUT2D eigenvalue weighted by Gasteiger charge is 2.44. The van der Waals surface area contributed by atoms with E-state index in [1.807, 2.05) is 0 Å². The summed E-state index contributed by atoms with van der Waals surface area (Å²) in [6, 6.07) is 12.7. The number of phenols is 1. The van der Waals surface area contributed by atoms with Gasteiger partial charge in [-0.3, -0.25) is 9.59 Å². The Hall–Kier alpha value is -4.33. The summed E-state index contributed by atoms with van der Waals surface area (Å²) in [5.41, 5.74) is 5.53. The van der Waals surface area contributed by atoms with E-state index in [1.54, 1.807) is 42.5 Å². The lowest BCUT2D eigenvalue weighted by atomic mass is 9.99. The van der Waals surface area contributed by atoms with Crippen LogP contribution in [-0.2, 0) is 41.5 Å². The molecule has 15 nitrogen and oxygen atoms in total. The highest BCUT2D eigenvalue weighted by molar-refractivity contribution is 5.92. The number of esters is 1. The van der Waals surface area contributed by atoms with Gasteiger partial charge in [0.2, 0.25) is 5.91 Å². The minimum absolute atomic E-state index is 0.0724. The van der Waals surface area contributed by atoms with Crippen LogP contribution in [0.2, 0.25) is 0 Å². The van der Waals surface area contributed by atoms with Crippen LogP contribution in [0.25, 0.3) is 0 Å². The molecule has 0 aliphatic carbocycles. The Balaban J connectivity index is 0.000000838. The molecular weight excluding hydrogens is 663 g/mol. The van der Waals surface area contributed by atoms with E-state index in [-0.39, 0.29) is 18.1 Å². The van der Waals surface area contributed by atoms with Gasteiger partial charge in [-0.15, -0.1) is 0 Å². The summed E-state index contributed by atoms with van der Waals surface area (Å²) in [5, 5.41) is 60.5. The lowest BCUT2D eigenvalue weighted by Crippen LogP contribution is -2.69. The highest BCUT2D eigenvalue weighted by Crippen LogP contribution is 2.22. The number of aliphatic carboxylic acids is 1. The van der Waals surface area contributed by atoms with Crippen LogP contribution in [0.15, 0.2) is 54.6 Å². The summed E-state index contributed by atoms with van der Waals surface area (Å²) < 4.78 is 41.9. The molecule has 2 aliphatic rings. The fourth-order valence-corrected chi connectivity index (χ4v) is 5.19. The summed E-state index contributed by atoms with van der Waals surface area (Å²) in [4.78, 5) is 50.1. The van der Waals surface area contributed by atoms with Crippen molar-refractivity contribution >= 4 is 23.8 Å². The van der Waals surface area contributed by atoms with Gasteiger partial charge in [0.15, 0.2) is 12.3 Å². The molecule has 2 aromatic carbocycles. The second kappa shape index (κ2) is 17.4. The van der Waals surface area contributed by atoms with E-state index in [4.69, 9.17) is 19.4 Å². The van der Waals surface area contributed by atoms with Crippen molar-refractivity contribution in [1.29, 1.82) is 0 Å². The molecule has 0 bridgehead atoms. The van der Waals surface area contributed by atoms with Gasteiger partial charge in [-0.2, -0.15) is 13.2 Å². The Morgan fingerprint density at radius 3 is 2.14 bits per heavy atom. The molecule has 0 spiro atoms. The molecule has 8 atom stereocenters. The Kier molecular flexibility index (Phi) is 13.9. The number of alkyl halides is 3. The topological polar surface area (TPSA) is 254 Å². The average molecular weight is 702 g/mol. The number of hydrogen-bond acceptors (Lipinski definition) is 12. The van der Waals surface area contributed by atoms with Crippen LogP contribution < -0.4 is 16.2 Å². The van der Waals surface area contributed by atoms with Crippen LogP contribution in [0.1, 0.15) is 24.0 Å². The van der Waals surface area contributed by atoms with Gasteiger partial charge in [0.25, 0.3) is 5.91 Å². The number of carbonyl (C=O) groups is 4. The van der Waals surface area contributed by atoms with Crippen molar-refractivity contribution in [2.45, 2.75) is 80.7 Å². The van der Waals surface area contributed by atoms with Crippen LogP contribution in [-0.4, -0.2) is 122 Å². The van der Waals surface area contributed by atoms with Gasteiger partial charge in [0.05, 0.1) is 0 Å². The number of amides is 2. The van der Waals surface area contributed by atoms with Crippen LogP contribution in [0, 0.1) is 0 Å². The quantitative estimate of drug-likeness (QED) is 0.122. The van der Waals surface area contributed by atoms with Crippen molar-refractivity contribution in [3.05, 3.63) is 65.7 Å². The minimum Gasteiger partial charge on any atom is -0.542 e. The molecule has 1 unspecified atom stereocenters. The highest BCUT2D eigenvalue weighted by atomic mass is 19.4. The number of aromatic hydroxyl groups is 1. The Labute approximate surface area is 277 Å². The Morgan fingerprint density at radius 2 is 1.55 bits per heavy atom. The van der Waals surface area contributed by atoms with E-state index < -0.39 is 79.5 Å². The zero-order chi connectivity index (χ0) is 36.5. The van der Waals surface area contributed by atoms with E-state index in [0.717, 1.165) is 11.1 Å². The van der Waals surface area contributed by atoms with Gasteiger partial charge in [0.1, 0.15) is 54.8 Å². The monoisotopic (exact) mass is 701 g/mol. The molecule has 2 saturated heterocycles. The first kappa shape index (κ1) is 39.1. The Bertz CT molecular complexity index is 1420. The second-order valence-corrected chi connectivity index (χ2v) is 11.5. The predicted octanol–water partition coefficient (Wildman–Crippen LogP) is -3.09. The standard InChI is InChI=1S/C29H37N3O10.C2HF3O2/c30-19(13-17-8-10-18(33)11-9-17)27(38)32-12-4-7-21(32)26(37)31-20(14-16-5-2-1-3-6-16)28(39)41-15-22-23(34)24(35)25(36)29(40)42-22;3-2(4,5)1(6)7/h1-3,5-6,8-11,19-25,29,33-36,40H,4,7,12-15,30H2,(H,31,37);(H,6,7)/t19-,20-,21-,22+,23+,24-,25+,29?;/m0./s1. The molecule has 49 heavy (non-hydrogen) atoms. The lowest BCUT2D eigenvalue weighted by Gasteiger charge is -2.38. The molecule has 0 aromatic heterocycles. The van der Waals surface area contributed by atoms with Crippen LogP contribution in [0.4, 0.5) is 13.2 Å². The predicted molar refractivity (Wildman–Crippen MR) is 156 cm³/mol. The van der Waals surface area contributed by atoms with Crippen molar-refractivity contribution in [3.8, 4) is 5.75 Å². The largest absolute Gasteiger partial charge is 0.542 e. The maximum absolute atomic E-state index is 13.4. The molecule has 2 amide bonds. The summed E-state index contributed by atoms with van der Waals surface area (Å²) in [6.07, 6.45) is -12.0. The van der Waals surface area contributed by atoms with Gasteiger partial charge < -0.3 is 60.9 Å². The van der Waals surface area contributed by atoms with Crippen molar-refractivity contribution in [2.24, 2.45) is 0 Å². The molecule has 2 aliphatic heterocycles. The third-order valence-corrected chi connectivity index (χ3v) is 7.80. The Morgan fingerprint density at radius 1 is 0.959 bits per heavy atom. The minimum atomic E-state index is -5.19. The number of nitrogens with zero attached hydrogens (tertiary/aromatic N) is 1. The maximum atomic E-state index is 13.4. The normalized spacial score (nSPS) is 24.9. The van der Waals surface area contributed by atoms with E-state index >= 15 is 0 Å². The fourth-order valence-electron chi connectivity index (χ4n) is 5.19. The smallest absolute Gasteiger partial charge is 0.430 e. The first-order chi connectivity index (χ1) is 23.0. The number of likely N-dealkylation sites (tertiary alicyclic amines) is 1. The number of rotatable bonds is 10. The zero-order valence-electron chi connectivity index (χ0n) is 25.9. The number of carboxylic acids is 1. The summed E-state index contributed by atoms with van der Waals surface area (Å²) in [7, 11) is 0. The molecule has 2 heterocycles.